The normalized spacial score (nSPS) is 34.0. The molecule has 1 aromatic rings. The highest BCUT2D eigenvalue weighted by Crippen LogP contribution is 2.60. The monoisotopic (exact) mass is 507 g/mol. The van der Waals surface area contributed by atoms with E-state index in [9.17, 15) is 19.5 Å². The Morgan fingerprint density at radius 2 is 1.97 bits per heavy atom. The summed E-state index contributed by atoms with van der Waals surface area (Å²) in [5.41, 5.74) is -0.477. The Bertz CT molecular complexity index is 893. The summed E-state index contributed by atoms with van der Waals surface area (Å²) >= 11 is 3.64. The Labute approximate surface area is 196 Å². The number of nitrogens with zero attached hydrogens (tertiary/aromatic N) is 1. The van der Waals surface area contributed by atoms with Gasteiger partial charge in [-0.3, -0.25) is 14.4 Å². The van der Waals surface area contributed by atoms with Crippen molar-refractivity contribution in [3.05, 3.63) is 30.3 Å². The second-order valence-corrected chi connectivity index (χ2v) is 10.3. The van der Waals surface area contributed by atoms with E-state index in [0.717, 1.165) is 0 Å². The number of carbonyl (C=O) groups is 3. The smallest absolute Gasteiger partial charge is 0.246 e. The zero-order valence-corrected chi connectivity index (χ0v) is 20.0. The number of likely N-dealkylation sites (tertiary alicyclic amines) is 1. The molecule has 32 heavy (non-hydrogen) atoms. The second kappa shape index (κ2) is 8.76. The van der Waals surface area contributed by atoms with Crippen molar-refractivity contribution in [1.29, 1.82) is 0 Å². The van der Waals surface area contributed by atoms with E-state index < -0.39 is 35.6 Å². The number of ether oxygens (including phenoxy) is 1. The summed E-state index contributed by atoms with van der Waals surface area (Å²) in [6.07, 6.45) is 0.411. The largest absolute Gasteiger partial charge is 0.394 e. The summed E-state index contributed by atoms with van der Waals surface area (Å²) in [6, 6.07) is 7.52. The van der Waals surface area contributed by atoms with Gasteiger partial charge in [0.2, 0.25) is 17.7 Å². The maximum atomic E-state index is 13.8. The molecule has 174 valence electrons. The lowest BCUT2D eigenvalue weighted by Gasteiger charge is -2.37. The zero-order chi connectivity index (χ0) is 23.2. The molecule has 3 aliphatic rings. The van der Waals surface area contributed by atoms with Crippen molar-refractivity contribution in [1.82, 2.24) is 10.2 Å². The summed E-state index contributed by atoms with van der Waals surface area (Å²) in [5, 5.41) is 15.8. The molecule has 2 bridgehead atoms. The van der Waals surface area contributed by atoms with Crippen molar-refractivity contribution in [3.8, 4) is 0 Å². The van der Waals surface area contributed by atoms with E-state index in [4.69, 9.17) is 4.74 Å². The molecule has 7 atom stereocenters. The number of para-hydroxylation sites is 1. The van der Waals surface area contributed by atoms with Crippen LogP contribution in [0.5, 0.6) is 0 Å². The fraction of sp³-hybridized carbons (Fsp3) is 0.609. The lowest BCUT2D eigenvalue weighted by Crippen LogP contribution is -2.59. The first-order valence-corrected chi connectivity index (χ1v) is 12.1. The number of fused-ring (bicyclic) bond motifs is 1. The Hall–Kier alpha value is -1.97. The van der Waals surface area contributed by atoms with E-state index in [2.05, 4.69) is 26.6 Å². The van der Waals surface area contributed by atoms with Crippen LogP contribution in [-0.4, -0.2) is 69.0 Å². The number of halogens is 1. The fourth-order valence-electron chi connectivity index (χ4n) is 5.58. The van der Waals surface area contributed by atoms with Crippen molar-refractivity contribution >= 4 is 39.3 Å². The molecule has 9 heteroatoms. The number of nitrogens with one attached hydrogen (secondary N) is 2. The van der Waals surface area contributed by atoms with Crippen molar-refractivity contribution in [2.45, 2.75) is 68.3 Å². The van der Waals surface area contributed by atoms with Crippen LogP contribution in [0.1, 0.15) is 33.6 Å². The van der Waals surface area contributed by atoms with Crippen LogP contribution in [0.3, 0.4) is 0 Å². The molecule has 0 saturated carbocycles. The van der Waals surface area contributed by atoms with Gasteiger partial charge in [0.05, 0.1) is 30.6 Å². The van der Waals surface area contributed by atoms with E-state index in [1.54, 1.807) is 12.1 Å². The van der Waals surface area contributed by atoms with Gasteiger partial charge in [0, 0.05) is 16.6 Å². The number of anilines is 1. The maximum absolute atomic E-state index is 13.8. The third-order valence-corrected chi connectivity index (χ3v) is 7.67. The molecule has 3 N–H and O–H groups in total. The molecule has 1 aromatic carbocycles. The Kier molecular flexibility index (Phi) is 6.35. The Morgan fingerprint density at radius 1 is 1.28 bits per heavy atom. The summed E-state index contributed by atoms with van der Waals surface area (Å²) < 4.78 is 6.41. The van der Waals surface area contributed by atoms with Crippen LogP contribution in [0.15, 0.2) is 30.3 Å². The van der Waals surface area contributed by atoms with Crippen LogP contribution < -0.4 is 10.6 Å². The van der Waals surface area contributed by atoms with Gasteiger partial charge in [-0.05, 0) is 38.8 Å². The number of hydrogen-bond acceptors (Lipinski definition) is 5. The number of amides is 3. The van der Waals surface area contributed by atoms with Crippen LogP contribution in [0.2, 0.25) is 0 Å². The van der Waals surface area contributed by atoms with Gasteiger partial charge in [0.1, 0.15) is 11.6 Å². The van der Waals surface area contributed by atoms with Gasteiger partial charge in [0.25, 0.3) is 0 Å². The minimum Gasteiger partial charge on any atom is -0.394 e. The van der Waals surface area contributed by atoms with Crippen molar-refractivity contribution < 1.29 is 24.2 Å². The molecule has 3 fully saturated rings. The van der Waals surface area contributed by atoms with E-state index in [1.165, 1.54) is 4.90 Å². The standard InChI is InChI=1S/C23H30BrN3O5/c1-4-14(11-28)27-19(21(30)25-12(2)3)23-10-15(24)18(32-23)16(17(23)22(27)31)20(29)26-13-8-6-5-7-9-13/h5-9,12,14-19,28H,4,10-11H2,1-3H3,(H,25,30)(H,26,29)/t14-,15?,16-,17-,18-,19?,23?/m0/s1. The lowest BCUT2D eigenvalue weighted by molar-refractivity contribution is -0.145. The van der Waals surface area contributed by atoms with Crippen molar-refractivity contribution in [2.75, 3.05) is 11.9 Å². The van der Waals surface area contributed by atoms with Crippen LogP contribution in [0.4, 0.5) is 5.69 Å². The number of aliphatic hydroxyl groups is 1. The predicted octanol–water partition coefficient (Wildman–Crippen LogP) is 1.67. The van der Waals surface area contributed by atoms with Gasteiger partial charge >= 0.3 is 0 Å². The Balaban J connectivity index is 1.74. The molecule has 0 aliphatic carbocycles. The fourth-order valence-corrected chi connectivity index (χ4v) is 6.53. The van der Waals surface area contributed by atoms with E-state index >= 15 is 0 Å². The molecule has 3 amide bonds. The minimum absolute atomic E-state index is 0.125. The summed E-state index contributed by atoms with van der Waals surface area (Å²) in [6.45, 7) is 5.31. The molecular formula is C23H30BrN3O5. The predicted molar refractivity (Wildman–Crippen MR) is 122 cm³/mol. The van der Waals surface area contributed by atoms with Gasteiger partial charge < -0.3 is 25.4 Å². The van der Waals surface area contributed by atoms with Crippen LogP contribution in [0.25, 0.3) is 0 Å². The number of hydrogen-bond donors (Lipinski definition) is 3. The van der Waals surface area contributed by atoms with Crippen molar-refractivity contribution in [3.63, 3.8) is 0 Å². The van der Waals surface area contributed by atoms with Crippen LogP contribution >= 0.6 is 15.9 Å². The quantitative estimate of drug-likeness (QED) is 0.486. The van der Waals surface area contributed by atoms with Gasteiger partial charge in [-0.2, -0.15) is 0 Å². The molecule has 3 heterocycles. The lowest BCUT2D eigenvalue weighted by atomic mass is 9.70. The third kappa shape index (κ3) is 3.54. The van der Waals surface area contributed by atoms with Crippen LogP contribution in [0, 0.1) is 11.8 Å². The average molecular weight is 508 g/mol. The van der Waals surface area contributed by atoms with E-state index in [-0.39, 0.29) is 35.2 Å². The number of aliphatic hydroxyl groups excluding tert-OH is 1. The molecule has 3 unspecified atom stereocenters. The number of benzene rings is 1. The molecular weight excluding hydrogens is 478 g/mol. The number of alkyl halides is 1. The number of carbonyl (C=O) groups excluding carboxylic acids is 3. The first kappa shape index (κ1) is 23.2. The molecule has 3 aliphatic heterocycles. The van der Waals surface area contributed by atoms with E-state index in [0.29, 0.717) is 18.5 Å². The Morgan fingerprint density at radius 3 is 2.56 bits per heavy atom. The molecule has 0 aromatic heterocycles. The van der Waals surface area contributed by atoms with Crippen molar-refractivity contribution in [2.24, 2.45) is 11.8 Å². The number of rotatable bonds is 7. The molecule has 3 saturated heterocycles. The SMILES string of the molecule is CC[C@@H](CO)N1C(=O)[C@@H]2[C@H](C(=O)Nc3ccccc3)[C@H]3OC2(CC3Br)C1C(=O)NC(C)C. The topological polar surface area (TPSA) is 108 Å². The zero-order valence-electron chi connectivity index (χ0n) is 18.5. The van der Waals surface area contributed by atoms with Gasteiger partial charge in [-0.15, -0.1) is 0 Å². The summed E-state index contributed by atoms with van der Waals surface area (Å²) in [4.78, 5) is 41.8. The highest BCUT2D eigenvalue weighted by molar-refractivity contribution is 9.09. The third-order valence-electron chi connectivity index (χ3n) is 6.83. The first-order valence-electron chi connectivity index (χ1n) is 11.2. The molecule has 8 nitrogen and oxygen atoms in total. The maximum Gasteiger partial charge on any atom is 0.246 e. The highest BCUT2D eigenvalue weighted by atomic mass is 79.9. The van der Waals surface area contributed by atoms with Crippen LogP contribution in [-0.2, 0) is 19.1 Å². The molecule has 4 rings (SSSR count). The molecule has 0 radical (unpaired) electrons. The highest BCUT2D eigenvalue weighted by Gasteiger charge is 2.76. The molecule has 1 spiro atoms. The average Bonchev–Trinajstić information content (AvgIpc) is 3.33. The van der Waals surface area contributed by atoms with Gasteiger partial charge in [0.15, 0.2) is 0 Å². The second-order valence-electron chi connectivity index (χ2n) is 9.17. The summed E-state index contributed by atoms with van der Waals surface area (Å²) in [7, 11) is 0. The van der Waals surface area contributed by atoms with Gasteiger partial charge in [-0.25, -0.2) is 0 Å². The first-order chi connectivity index (χ1) is 15.2. The minimum atomic E-state index is -1.11. The van der Waals surface area contributed by atoms with E-state index in [1.807, 2.05) is 39.0 Å². The van der Waals surface area contributed by atoms with Gasteiger partial charge in [-0.1, -0.05) is 41.1 Å². The summed E-state index contributed by atoms with van der Waals surface area (Å²) in [5.74, 6) is -2.44.